The third kappa shape index (κ3) is 2.46. The fraction of sp³-hybridized carbons (Fsp3) is 1.00. The number of hydroxylamine groups is 2. The van der Waals surface area contributed by atoms with E-state index < -0.39 is 0 Å². The second-order valence-electron chi connectivity index (χ2n) is 5.22. The Morgan fingerprint density at radius 2 is 2.00 bits per heavy atom. The quantitative estimate of drug-likeness (QED) is 0.654. The standard InChI is InChI=1S/C10H21NO/c1-8(2)9-5-10(3,4)7-11(12)6-9/h8-9,12H,5-7H2,1-4H3. The van der Waals surface area contributed by atoms with Crippen molar-refractivity contribution in [2.75, 3.05) is 13.1 Å². The number of nitrogens with zero attached hydrogens (tertiary/aromatic N) is 1. The van der Waals surface area contributed by atoms with Crippen molar-refractivity contribution < 1.29 is 5.21 Å². The molecule has 1 heterocycles. The van der Waals surface area contributed by atoms with Crippen LogP contribution >= 0.6 is 0 Å². The fourth-order valence-electron chi connectivity index (χ4n) is 2.11. The van der Waals surface area contributed by atoms with E-state index in [0.717, 1.165) is 13.1 Å². The molecule has 72 valence electrons. The molecule has 1 aliphatic rings. The van der Waals surface area contributed by atoms with Gasteiger partial charge in [0.1, 0.15) is 0 Å². The van der Waals surface area contributed by atoms with Crippen LogP contribution in [0.3, 0.4) is 0 Å². The van der Waals surface area contributed by atoms with E-state index >= 15 is 0 Å². The molecule has 0 spiro atoms. The van der Waals surface area contributed by atoms with Gasteiger partial charge in [0.25, 0.3) is 0 Å². The summed E-state index contributed by atoms with van der Waals surface area (Å²) in [5, 5.41) is 11.0. The van der Waals surface area contributed by atoms with E-state index in [-0.39, 0.29) is 5.41 Å². The Morgan fingerprint density at radius 1 is 1.42 bits per heavy atom. The third-order valence-corrected chi connectivity index (χ3v) is 2.81. The second-order valence-corrected chi connectivity index (χ2v) is 5.22. The van der Waals surface area contributed by atoms with Crippen LogP contribution in [0.1, 0.15) is 34.1 Å². The lowest BCUT2D eigenvalue weighted by atomic mass is 9.75. The van der Waals surface area contributed by atoms with Crippen molar-refractivity contribution in [2.45, 2.75) is 34.1 Å². The van der Waals surface area contributed by atoms with E-state index in [1.54, 1.807) is 0 Å². The molecular formula is C10H21NO. The first-order chi connectivity index (χ1) is 5.41. The first kappa shape index (κ1) is 10.0. The lowest BCUT2D eigenvalue weighted by Crippen LogP contribution is -2.44. The Bertz CT molecular complexity index is 154. The van der Waals surface area contributed by atoms with Gasteiger partial charge in [-0.2, -0.15) is 5.06 Å². The third-order valence-electron chi connectivity index (χ3n) is 2.81. The molecule has 1 unspecified atom stereocenters. The average molecular weight is 171 g/mol. The van der Waals surface area contributed by atoms with Crippen molar-refractivity contribution in [3.8, 4) is 0 Å². The Morgan fingerprint density at radius 3 is 2.42 bits per heavy atom. The minimum atomic E-state index is 0.280. The minimum absolute atomic E-state index is 0.280. The monoisotopic (exact) mass is 171 g/mol. The fourth-order valence-corrected chi connectivity index (χ4v) is 2.11. The Balaban J connectivity index is 2.58. The predicted molar refractivity (Wildman–Crippen MR) is 50.1 cm³/mol. The average Bonchev–Trinajstić information content (AvgIpc) is 1.82. The smallest absolute Gasteiger partial charge is 0.0289 e. The number of hydrogen-bond acceptors (Lipinski definition) is 2. The molecule has 1 N–H and O–H groups in total. The highest BCUT2D eigenvalue weighted by molar-refractivity contribution is 4.82. The van der Waals surface area contributed by atoms with Crippen LogP contribution < -0.4 is 0 Å². The van der Waals surface area contributed by atoms with Crippen LogP contribution in [0.2, 0.25) is 0 Å². The summed E-state index contributed by atoms with van der Waals surface area (Å²) in [6, 6.07) is 0. The molecule has 1 aliphatic heterocycles. The van der Waals surface area contributed by atoms with Gasteiger partial charge >= 0.3 is 0 Å². The van der Waals surface area contributed by atoms with E-state index in [9.17, 15) is 5.21 Å². The topological polar surface area (TPSA) is 23.5 Å². The number of hydrogen-bond donors (Lipinski definition) is 1. The van der Waals surface area contributed by atoms with Crippen molar-refractivity contribution in [3.63, 3.8) is 0 Å². The first-order valence-corrected chi connectivity index (χ1v) is 4.84. The normalized spacial score (nSPS) is 31.0. The maximum absolute atomic E-state index is 9.50. The van der Waals surface area contributed by atoms with E-state index in [2.05, 4.69) is 27.7 Å². The lowest BCUT2D eigenvalue weighted by molar-refractivity contribution is -0.153. The molecule has 0 aromatic rings. The second kappa shape index (κ2) is 3.35. The van der Waals surface area contributed by atoms with Crippen molar-refractivity contribution in [1.82, 2.24) is 5.06 Å². The maximum atomic E-state index is 9.50. The molecule has 0 aliphatic carbocycles. The van der Waals surface area contributed by atoms with Gasteiger partial charge in [-0.05, 0) is 23.7 Å². The molecule has 1 fully saturated rings. The molecule has 0 aromatic carbocycles. The Labute approximate surface area is 75.5 Å². The van der Waals surface area contributed by atoms with Gasteiger partial charge in [-0.25, -0.2) is 0 Å². The molecule has 1 atom stereocenters. The highest BCUT2D eigenvalue weighted by atomic mass is 16.5. The molecule has 12 heavy (non-hydrogen) atoms. The summed E-state index contributed by atoms with van der Waals surface area (Å²) in [6.07, 6.45) is 1.24. The summed E-state index contributed by atoms with van der Waals surface area (Å²) in [5.41, 5.74) is 0.280. The van der Waals surface area contributed by atoms with Gasteiger partial charge in [0.05, 0.1) is 0 Å². The SMILES string of the molecule is CC(C)C1CN(O)CC(C)(C)C1. The summed E-state index contributed by atoms with van der Waals surface area (Å²) >= 11 is 0. The van der Waals surface area contributed by atoms with Gasteiger partial charge in [-0.15, -0.1) is 0 Å². The van der Waals surface area contributed by atoms with Crippen molar-refractivity contribution >= 4 is 0 Å². The van der Waals surface area contributed by atoms with Gasteiger partial charge in [0.15, 0.2) is 0 Å². The molecule has 2 nitrogen and oxygen atoms in total. The van der Waals surface area contributed by atoms with Crippen LogP contribution in [0.15, 0.2) is 0 Å². The van der Waals surface area contributed by atoms with Gasteiger partial charge in [-0.3, -0.25) is 0 Å². The summed E-state index contributed by atoms with van der Waals surface area (Å²) in [4.78, 5) is 0. The number of rotatable bonds is 1. The van der Waals surface area contributed by atoms with Crippen LogP contribution in [0.4, 0.5) is 0 Å². The van der Waals surface area contributed by atoms with E-state index in [1.165, 1.54) is 11.5 Å². The zero-order chi connectivity index (χ0) is 9.35. The van der Waals surface area contributed by atoms with Gasteiger partial charge < -0.3 is 5.21 Å². The van der Waals surface area contributed by atoms with E-state index in [0.29, 0.717) is 11.8 Å². The predicted octanol–water partition coefficient (Wildman–Crippen LogP) is 2.38. The number of piperidine rings is 1. The van der Waals surface area contributed by atoms with Crippen LogP contribution in [0.5, 0.6) is 0 Å². The highest BCUT2D eigenvalue weighted by Gasteiger charge is 2.33. The Kier molecular flexibility index (Phi) is 2.79. The van der Waals surface area contributed by atoms with E-state index in [4.69, 9.17) is 0 Å². The summed E-state index contributed by atoms with van der Waals surface area (Å²) in [5.74, 6) is 1.33. The van der Waals surface area contributed by atoms with E-state index in [1.807, 2.05) is 0 Å². The first-order valence-electron chi connectivity index (χ1n) is 4.84. The molecule has 1 rings (SSSR count). The van der Waals surface area contributed by atoms with Gasteiger partial charge in [0.2, 0.25) is 0 Å². The lowest BCUT2D eigenvalue weighted by Gasteiger charge is -2.41. The summed E-state index contributed by atoms with van der Waals surface area (Å²) < 4.78 is 0. The van der Waals surface area contributed by atoms with Gasteiger partial charge in [-0.1, -0.05) is 27.7 Å². The van der Waals surface area contributed by atoms with Gasteiger partial charge in [0, 0.05) is 13.1 Å². The van der Waals surface area contributed by atoms with Crippen LogP contribution in [0.25, 0.3) is 0 Å². The largest absolute Gasteiger partial charge is 0.314 e. The zero-order valence-corrected chi connectivity index (χ0v) is 8.67. The molecule has 0 aromatic heterocycles. The molecule has 0 amide bonds. The molecule has 0 radical (unpaired) electrons. The molecule has 0 bridgehead atoms. The summed E-state index contributed by atoms with van der Waals surface area (Å²) in [7, 11) is 0. The molecule has 0 saturated carbocycles. The highest BCUT2D eigenvalue weighted by Crippen LogP contribution is 2.34. The summed E-state index contributed by atoms with van der Waals surface area (Å²) in [6.45, 7) is 10.6. The van der Waals surface area contributed by atoms with Crippen LogP contribution in [0, 0.1) is 17.3 Å². The molecular weight excluding hydrogens is 150 g/mol. The maximum Gasteiger partial charge on any atom is 0.0289 e. The molecule has 1 saturated heterocycles. The van der Waals surface area contributed by atoms with Crippen molar-refractivity contribution in [3.05, 3.63) is 0 Å². The van der Waals surface area contributed by atoms with Crippen molar-refractivity contribution in [2.24, 2.45) is 17.3 Å². The van der Waals surface area contributed by atoms with Crippen LogP contribution in [-0.2, 0) is 0 Å². The Hall–Kier alpha value is -0.0800. The zero-order valence-electron chi connectivity index (χ0n) is 8.67. The molecule has 2 heteroatoms. The minimum Gasteiger partial charge on any atom is -0.314 e. The van der Waals surface area contributed by atoms with Crippen molar-refractivity contribution in [1.29, 1.82) is 0 Å². The van der Waals surface area contributed by atoms with Crippen LogP contribution in [-0.4, -0.2) is 23.4 Å².